The Bertz CT molecular complexity index is 889. The third-order valence-electron chi connectivity index (χ3n) is 4.66. The average molecular weight is 450 g/mol. The zero-order valence-corrected chi connectivity index (χ0v) is 17.5. The fourth-order valence-corrected chi connectivity index (χ4v) is 4.12. The number of piperidine rings is 1. The molecule has 2 aromatic rings. The fraction of sp³-hybridized carbons (Fsp3) is 0.300. The molecule has 30 heavy (non-hydrogen) atoms. The molecular formula is C20H20ClN3O5S. The third-order valence-corrected chi connectivity index (χ3v) is 5.82. The molecule has 0 radical (unpaired) electrons. The number of nitro groups is 1. The molecule has 1 aliphatic heterocycles. The normalized spacial score (nSPS) is 18.6. The summed E-state index contributed by atoms with van der Waals surface area (Å²) in [6.07, 6.45) is 1.07. The van der Waals surface area contributed by atoms with E-state index < -0.39 is 10.3 Å². The highest BCUT2D eigenvalue weighted by Gasteiger charge is 2.32. The van der Waals surface area contributed by atoms with Crippen LogP contribution in [-0.4, -0.2) is 39.1 Å². The van der Waals surface area contributed by atoms with Crippen molar-refractivity contribution in [2.24, 2.45) is 0 Å². The van der Waals surface area contributed by atoms with Crippen molar-refractivity contribution in [2.75, 3.05) is 6.54 Å². The van der Waals surface area contributed by atoms with E-state index in [2.05, 4.69) is 5.32 Å². The molecule has 1 heterocycles. The number of carbonyl (C=O) groups excluding carboxylic acids is 2. The molecule has 0 aromatic heterocycles. The van der Waals surface area contributed by atoms with E-state index in [1.165, 1.54) is 12.1 Å². The Morgan fingerprint density at radius 3 is 2.43 bits per heavy atom. The van der Waals surface area contributed by atoms with E-state index in [4.69, 9.17) is 16.4 Å². The van der Waals surface area contributed by atoms with E-state index >= 15 is 0 Å². The highest BCUT2D eigenvalue weighted by Crippen LogP contribution is 2.26. The molecule has 0 aliphatic carbocycles. The first-order valence-corrected chi connectivity index (χ1v) is 10.5. The number of amides is 1. The summed E-state index contributed by atoms with van der Waals surface area (Å²) in [5, 5.41) is 14.2. The number of non-ortho nitro benzene ring substituents is 1. The number of hydrogen-bond donors (Lipinski definition) is 1. The van der Waals surface area contributed by atoms with Gasteiger partial charge in [-0.1, -0.05) is 42.1 Å². The lowest BCUT2D eigenvalue weighted by molar-refractivity contribution is -0.384. The summed E-state index contributed by atoms with van der Waals surface area (Å²) < 4.78 is 0. The minimum atomic E-state index is -0.706. The van der Waals surface area contributed by atoms with Crippen LogP contribution in [0, 0.1) is 10.1 Å². The number of nitrogens with zero attached hydrogens (tertiary/aromatic N) is 2. The average Bonchev–Trinajstić information content (AvgIpc) is 2.75. The summed E-state index contributed by atoms with van der Waals surface area (Å²) in [5.41, 5.74) is 0.892. The van der Waals surface area contributed by atoms with E-state index in [0.717, 1.165) is 22.4 Å². The van der Waals surface area contributed by atoms with Crippen LogP contribution in [0.5, 0.6) is 0 Å². The number of nitrogens with one attached hydrogen (secondary N) is 1. The van der Waals surface area contributed by atoms with Crippen LogP contribution in [0.25, 0.3) is 0 Å². The zero-order valence-electron chi connectivity index (χ0n) is 15.9. The number of carbonyl (C=O) groups is 2. The topological polar surface area (TPSA) is 102 Å². The molecule has 10 heteroatoms. The highest BCUT2D eigenvalue weighted by atomic mass is 35.5. The summed E-state index contributed by atoms with van der Waals surface area (Å²) in [6, 6.07) is 14.6. The quantitative estimate of drug-likeness (QED) is 0.223. The van der Waals surface area contributed by atoms with Gasteiger partial charge in [-0.05, 0) is 42.1 Å². The summed E-state index contributed by atoms with van der Waals surface area (Å²) in [4.78, 5) is 40.8. The summed E-state index contributed by atoms with van der Waals surface area (Å²) in [6.45, 7) is 0.582. The number of benzene rings is 2. The molecule has 2 atom stereocenters. The van der Waals surface area contributed by atoms with Crippen LogP contribution < -0.4 is 5.32 Å². The fourth-order valence-electron chi connectivity index (χ4n) is 3.08. The maximum absolute atomic E-state index is 12.5. The lowest BCUT2D eigenvalue weighted by Crippen LogP contribution is -2.52. The molecule has 0 spiro atoms. The molecular weight excluding hydrogens is 430 g/mol. The largest absolute Gasteiger partial charge is 0.340 e. The second-order valence-corrected chi connectivity index (χ2v) is 8.10. The van der Waals surface area contributed by atoms with Crippen molar-refractivity contribution in [2.45, 2.75) is 36.4 Å². The van der Waals surface area contributed by atoms with E-state index in [9.17, 15) is 19.7 Å². The Morgan fingerprint density at radius 2 is 1.87 bits per heavy atom. The van der Waals surface area contributed by atoms with Gasteiger partial charge in [0.15, 0.2) is 0 Å². The first-order valence-electron chi connectivity index (χ1n) is 9.29. The van der Waals surface area contributed by atoms with Gasteiger partial charge in [0.05, 0.1) is 17.0 Å². The monoisotopic (exact) mass is 449 g/mol. The van der Waals surface area contributed by atoms with Crippen molar-refractivity contribution < 1.29 is 19.3 Å². The molecule has 1 amide bonds. The van der Waals surface area contributed by atoms with Gasteiger partial charge < -0.3 is 5.32 Å². The van der Waals surface area contributed by atoms with Crippen molar-refractivity contribution in [3.63, 3.8) is 0 Å². The maximum atomic E-state index is 12.5. The predicted molar refractivity (Wildman–Crippen MR) is 113 cm³/mol. The van der Waals surface area contributed by atoms with Crippen molar-refractivity contribution >= 4 is 39.5 Å². The van der Waals surface area contributed by atoms with Crippen LogP contribution in [-0.2, 0) is 16.2 Å². The molecule has 1 aliphatic rings. The van der Waals surface area contributed by atoms with Gasteiger partial charge in [-0.3, -0.25) is 24.5 Å². The van der Waals surface area contributed by atoms with E-state index in [1.807, 2.05) is 30.3 Å². The van der Waals surface area contributed by atoms with Crippen LogP contribution >= 0.6 is 23.4 Å². The first kappa shape index (κ1) is 22.2. The number of hydroxylamine groups is 2. The van der Waals surface area contributed by atoms with Crippen molar-refractivity contribution in [3.05, 3.63) is 70.3 Å². The van der Waals surface area contributed by atoms with Crippen LogP contribution in [0.1, 0.15) is 18.4 Å². The molecule has 0 saturated carbocycles. The Balaban J connectivity index is 1.51. The molecule has 1 saturated heterocycles. The Morgan fingerprint density at radius 1 is 1.17 bits per heavy atom. The van der Waals surface area contributed by atoms with Crippen LogP contribution in [0.15, 0.2) is 59.5 Å². The lowest BCUT2D eigenvalue weighted by atomic mass is 10.0. The molecule has 158 valence electrons. The SMILES string of the molecule is O=C(Sc1ccc([N+](=O)[O-])cc1)[C@@H]1CC[C@@H](N(OCc2ccccc2)C(=O)Cl)CN1. The van der Waals surface area contributed by atoms with Crippen molar-refractivity contribution in [1.29, 1.82) is 0 Å². The maximum Gasteiger partial charge on any atom is 0.340 e. The number of thioether (sulfide) groups is 1. The standard InChI is InChI=1S/C20H20ClN3O5S/c21-20(26)23(29-13-14-4-2-1-3-5-14)16-8-11-18(22-12-16)19(25)30-17-9-6-15(7-10-17)24(27)28/h1-7,9-10,16,18,22H,8,11-13H2/t16-,18+/m1/s1. The molecule has 1 fully saturated rings. The molecule has 0 unspecified atom stereocenters. The van der Waals surface area contributed by atoms with Gasteiger partial charge in [0.2, 0.25) is 5.12 Å². The summed E-state index contributed by atoms with van der Waals surface area (Å²) in [7, 11) is 0. The van der Waals surface area contributed by atoms with Gasteiger partial charge in [-0.15, -0.1) is 0 Å². The Hall–Kier alpha value is -2.46. The van der Waals surface area contributed by atoms with E-state index in [1.54, 1.807) is 12.1 Å². The summed E-state index contributed by atoms with van der Waals surface area (Å²) >= 11 is 6.73. The van der Waals surface area contributed by atoms with Crippen LogP contribution in [0.3, 0.4) is 0 Å². The molecule has 2 aromatic carbocycles. The van der Waals surface area contributed by atoms with Crippen molar-refractivity contribution in [3.8, 4) is 0 Å². The summed E-state index contributed by atoms with van der Waals surface area (Å²) in [5.74, 6) is 0. The van der Waals surface area contributed by atoms with Gasteiger partial charge in [0.1, 0.15) is 6.61 Å². The number of hydrogen-bond acceptors (Lipinski definition) is 7. The molecule has 1 N–H and O–H groups in total. The van der Waals surface area contributed by atoms with E-state index in [0.29, 0.717) is 24.3 Å². The van der Waals surface area contributed by atoms with Gasteiger partial charge in [0.25, 0.3) is 5.69 Å². The molecule has 8 nitrogen and oxygen atoms in total. The lowest BCUT2D eigenvalue weighted by Gasteiger charge is -2.34. The minimum Gasteiger partial charge on any atom is -0.305 e. The van der Waals surface area contributed by atoms with Gasteiger partial charge in [-0.25, -0.2) is 5.06 Å². The second-order valence-electron chi connectivity index (χ2n) is 6.70. The van der Waals surface area contributed by atoms with Gasteiger partial charge in [-0.2, -0.15) is 0 Å². The number of rotatable bonds is 7. The van der Waals surface area contributed by atoms with Gasteiger partial charge in [0, 0.05) is 23.6 Å². The number of nitro benzene ring substituents is 1. The van der Waals surface area contributed by atoms with Crippen LogP contribution in [0.2, 0.25) is 0 Å². The number of halogens is 1. The third kappa shape index (κ3) is 6.02. The molecule has 3 rings (SSSR count). The Kier molecular flexibility index (Phi) is 7.81. The van der Waals surface area contributed by atoms with Crippen LogP contribution in [0.4, 0.5) is 10.5 Å². The second kappa shape index (κ2) is 10.5. The zero-order chi connectivity index (χ0) is 21.5. The van der Waals surface area contributed by atoms with Gasteiger partial charge >= 0.3 is 5.37 Å². The molecule has 0 bridgehead atoms. The Labute approximate surface area is 182 Å². The van der Waals surface area contributed by atoms with Crippen molar-refractivity contribution in [1.82, 2.24) is 10.4 Å². The smallest absolute Gasteiger partial charge is 0.305 e. The minimum absolute atomic E-state index is 0.0215. The van der Waals surface area contributed by atoms with E-state index in [-0.39, 0.29) is 29.5 Å². The first-order chi connectivity index (χ1) is 14.4. The predicted octanol–water partition coefficient (Wildman–Crippen LogP) is 4.13. The highest BCUT2D eigenvalue weighted by molar-refractivity contribution is 8.13.